The maximum Gasteiger partial charge on any atom is 0.102 e. The highest BCUT2D eigenvalue weighted by Gasteiger charge is 2.10. The first kappa shape index (κ1) is 7.73. The minimum Gasteiger partial charge on any atom is -0.300 e. The zero-order chi connectivity index (χ0) is 7.40. The fraction of sp³-hybridized carbons (Fsp3) is 0.750. The van der Waals surface area contributed by atoms with Crippen molar-refractivity contribution in [1.29, 1.82) is 0 Å². The molecule has 0 aliphatic carbocycles. The molecule has 0 spiro atoms. The van der Waals surface area contributed by atoms with E-state index < -0.39 is 0 Å². The molecule has 0 aromatic carbocycles. The molecule has 0 aromatic heterocycles. The van der Waals surface area contributed by atoms with Crippen molar-refractivity contribution in [3.8, 4) is 0 Å². The van der Waals surface area contributed by atoms with Gasteiger partial charge in [-0.05, 0) is 12.8 Å². The Balaban J connectivity index is 2.19. The van der Waals surface area contributed by atoms with E-state index in [0.29, 0.717) is 6.54 Å². The van der Waals surface area contributed by atoms with Crippen LogP contribution >= 0.6 is 0 Å². The van der Waals surface area contributed by atoms with Crippen LogP contribution in [0.25, 0.3) is 0 Å². The fourth-order valence-electron chi connectivity index (χ4n) is 1.21. The van der Waals surface area contributed by atoms with Crippen LogP contribution in [-0.2, 0) is 0 Å². The third-order valence-corrected chi connectivity index (χ3v) is 1.96. The van der Waals surface area contributed by atoms with E-state index in [0.717, 1.165) is 25.9 Å². The summed E-state index contributed by atoms with van der Waals surface area (Å²) in [4.78, 5) is 2.15. The van der Waals surface area contributed by atoms with Gasteiger partial charge >= 0.3 is 0 Å². The number of nitrogens with zero attached hydrogens (tertiary/aromatic N) is 1. The van der Waals surface area contributed by atoms with Crippen LogP contribution in [0.2, 0.25) is 0 Å². The minimum atomic E-state index is -0.216. The van der Waals surface area contributed by atoms with E-state index >= 15 is 0 Å². The van der Waals surface area contributed by atoms with Gasteiger partial charge in [0.15, 0.2) is 0 Å². The summed E-state index contributed by atoms with van der Waals surface area (Å²) in [6.07, 6.45) is 2.11. The van der Waals surface area contributed by atoms with Crippen molar-refractivity contribution >= 4 is 0 Å². The summed E-state index contributed by atoms with van der Waals surface area (Å²) >= 11 is 0. The molecule has 2 heteroatoms. The number of likely N-dealkylation sites (tertiary alicyclic amines) is 1. The van der Waals surface area contributed by atoms with Crippen molar-refractivity contribution in [3.05, 3.63) is 12.2 Å². The van der Waals surface area contributed by atoms with E-state index in [4.69, 9.17) is 0 Å². The molecule has 1 saturated heterocycles. The summed E-state index contributed by atoms with van der Waals surface area (Å²) in [5.74, 6) is 0. The van der Waals surface area contributed by atoms with E-state index in [1.165, 1.54) is 5.57 Å². The van der Waals surface area contributed by atoms with E-state index in [1.54, 1.807) is 0 Å². The van der Waals surface area contributed by atoms with Crippen molar-refractivity contribution in [3.63, 3.8) is 0 Å². The third kappa shape index (κ3) is 2.10. The van der Waals surface area contributed by atoms with Crippen LogP contribution in [-0.4, -0.2) is 31.2 Å². The average Bonchev–Trinajstić information content (AvgIpc) is 1.95. The van der Waals surface area contributed by atoms with E-state index in [2.05, 4.69) is 11.5 Å². The topological polar surface area (TPSA) is 3.24 Å². The van der Waals surface area contributed by atoms with Gasteiger partial charge in [0.25, 0.3) is 0 Å². The third-order valence-electron chi connectivity index (χ3n) is 1.96. The Morgan fingerprint density at radius 1 is 1.40 bits per heavy atom. The van der Waals surface area contributed by atoms with Gasteiger partial charge in [0, 0.05) is 19.6 Å². The van der Waals surface area contributed by atoms with Gasteiger partial charge in [0.05, 0.1) is 0 Å². The van der Waals surface area contributed by atoms with Gasteiger partial charge in [0.2, 0.25) is 0 Å². The molecule has 0 amide bonds. The molecule has 0 unspecified atom stereocenters. The maximum absolute atomic E-state index is 11.8. The Kier molecular flexibility index (Phi) is 2.87. The highest BCUT2D eigenvalue weighted by Crippen LogP contribution is 2.12. The quantitative estimate of drug-likeness (QED) is 0.531. The fourth-order valence-corrected chi connectivity index (χ4v) is 1.21. The summed E-state index contributed by atoms with van der Waals surface area (Å²) in [5, 5.41) is 0. The highest BCUT2D eigenvalue weighted by molar-refractivity contribution is 4.98. The number of rotatable bonds is 2. The lowest BCUT2D eigenvalue weighted by atomic mass is 10.1. The van der Waals surface area contributed by atoms with Crippen molar-refractivity contribution in [2.75, 3.05) is 26.3 Å². The lowest BCUT2D eigenvalue weighted by Gasteiger charge is -2.26. The monoisotopic (exact) mass is 143 g/mol. The Labute approximate surface area is 61.5 Å². The average molecular weight is 143 g/mol. The van der Waals surface area contributed by atoms with Gasteiger partial charge in [-0.25, -0.2) is 4.39 Å². The van der Waals surface area contributed by atoms with E-state index in [-0.39, 0.29) is 6.67 Å². The Morgan fingerprint density at radius 3 is 2.50 bits per heavy atom. The predicted molar refractivity (Wildman–Crippen MR) is 40.8 cm³/mol. The van der Waals surface area contributed by atoms with Gasteiger partial charge in [-0.2, -0.15) is 0 Å². The van der Waals surface area contributed by atoms with E-state index in [9.17, 15) is 4.39 Å². The maximum atomic E-state index is 11.8. The number of halogens is 1. The first-order chi connectivity index (χ1) is 4.83. The highest BCUT2D eigenvalue weighted by atomic mass is 19.1. The van der Waals surface area contributed by atoms with Crippen LogP contribution in [0.15, 0.2) is 12.2 Å². The second-order valence-corrected chi connectivity index (χ2v) is 2.78. The molecule has 1 aliphatic rings. The normalized spacial score (nSPS) is 21.5. The van der Waals surface area contributed by atoms with Crippen molar-refractivity contribution < 1.29 is 4.39 Å². The SMILES string of the molecule is C=C1CCN(CCF)CC1. The molecule has 0 saturated carbocycles. The first-order valence-corrected chi connectivity index (χ1v) is 3.78. The van der Waals surface area contributed by atoms with E-state index in [1.807, 2.05) is 0 Å². The number of hydrogen-bond acceptors (Lipinski definition) is 1. The molecule has 0 bridgehead atoms. The van der Waals surface area contributed by atoms with Crippen molar-refractivity contribution in [1.82, 2.24) is 4.90 Å². The summed E-state index contributed by atoms with van der Waals surface area (Å²) < 4.78 is 11.8. The molecule has 1 rings (SSSR count). The molecule has 0 radical (unpaired) electrons. The lowest BCUT2D eigenvalue weighted by Crippen LogP contribution is -2.32. The number of piperidine rings is 1. The standard InChI is InChI=1S/C8H14FN/c1-8-2-5-10(6-3-8)7-4-9/h1-7H2. The number of alkyl halides is 1. The lowest BCUT2D eigenvalue weighted by molar-refractivity contribution is 0.234. The minimum absolute atomic E-state index is 0.216. The summed E-state index contributed by atoms with van der Waals surface area (Å²) in [5.41, 5.74) is 1.31. The zero-order valence-electron chi connectivity index (χ0n) is 6.27. The number of hydrogen-bond donors (Lipinski definition) is 0. The Bertz CT molecular complexity index is 112. The van der Waals surface area contributed by atoms with Gasteiger partial charge in [-0.15, -0.1) is 0 Å². The molecule has 0 aromatic rings. The molecule has 0 atom stereocenters. The molecule has 58 valence electrons. The van der Waals surface area contributed by atoms with Crippen LogP contribution in [0.4, 0.5) is 4.39 Å². The zero-order valence-corrected chi connectivity index (χ0v) is 6.27. The van der Waals surface area contributed by atoms with Gasteiger partial charge < -0.3 is 4.90 Å². The van der Waals surface area contributed by atoms with Crippen LogP contribution in [0.1, 0.15) is 12.8 Å². The molecule has 1 heterocycles. The Hall–Kier alpha value is -0.370. The van der Waals surface area contributed by atoms with Crippen LogP contribution < -0.4 is 0 Å². The second kappa shape index (κ2) is 3.71. The molecule has 10 heavy (non-hydrogen) atoms. The smallest absolute Gasteiger partial charge is 0.102 e. The molecular weight excluding hydrogens is 129 g/mol. The summed E-state index contributed by atoms with van der Waals surface area (Å²) in [6, 6.07) is 0. The van der Waals surface area contributed by atoms with Crippen LogP contribution in [0, 0.1) is 0 Å². The van der Waals surface area contributed by atoms with Crippen molar-refractivity contribution in [2.24, 2.45) is 0 Å². The van der Waals surface area contributed by atoms with Crippen LogP contribution in [0.3, 0.4) is 0 Å². The second-order valence-electron chi connectivity index (χ2n) is 2.78. The molecule has 1 nitrogen and oxygen atoms in total. The van der Waals surface area contributed by atoms with Crippen LogP contribution in [0.5, 0.6) is 0 Å². The molecule has 1 aliphatic heterocycles. The molecule has 1 fully saturated rings. The predicted octanol–water partition coefficient (Wildman–Crippen LogP) is 1.61. The van der Waals surface area contributed by atoms with Crippen molar-refractivity contribution in [2.45, 2.75) is 12.8 Å². The van der Waals surface area contributed by atoms with Gasteiger partial charge in [-0.3, -0.25) is 0 Å². The molecular formula is C8H14FN. The first-order valence-electron chi connectivity index (χ1n) is 3.78. The summed E-state index contributed by atoms with van der Waals surface area (Å²) in [6.45, 7) is 6.28. The largest absolute Gasteiger partial charge is 0.300 e. The molecule has 0 N–H and O–H groups in total. The van der Waals surface area contributed by atoms with Gasteiger partial charge in [-0.1, -0.05) is 12.2 Å². The van der Waals surface area contributed by atoms with Gasteiger partial charge in [0.1, 0.15) is 6.67 Å². The summed E-state index contributed by atoms with van der Waals surface area (Å²) in [7, 11) is 0. The Morgan fingerprint density at radius 2 is 2.00 bits per heavy atom.